The number of thiocarbonyl (C=S) groups is 1. The van der Waals surface area contributed by atoms with Gasteiger partial charge in [0.1, 0.15) is 10.8 Å². The van der Waals surface area contributed by atoms with Gasteiger partial charge in [0.2, 0.25) is 0 Å². The first kappa shape index (κ1) is 21.3. The van der Waals surface area contributed by atoms with E-state index in [0.717, 1.165) is 29.7 Å². The van der Waals surface area contributed by atoms with Crippen molar-refractivity contribution in [2.45, 2.75) is 46.1 Å². The summed E-state index contributed by atoms with van der Waals surface area (Å²) in [6.45, 7) is 6.07. The van der Waals surface area contributed by atoms with E-state index in [1.54, 1.807) is 24.3 Å². The number of fused-ring (bicyclic) bond motifs is 1. The summed E-state index contributed by atoms with van der Waals surface area (Å²) in [5, 5.41) is 6.38. The molecule has 1 unspecified atom stereocenters. The highest BCUT2D eigenvalue weighted by atomic mass is 32.1. The van der Waals surface area contributed by atoms with Crippen LogP contribution in [0, 0.1) is 5.92 Å². The minimum absolute atomic E-state index is 0.0607. The van der Waals surface area contributed by atoms with Gasteiger partial charge in [-0.15, -0.1) is 11.3 Å². The molecule has 4 N–H and O–H groups in total. The molecule has 0 bridgehead atoms. The predicted octanol–water partition coefficient (Wildman–Crippen LogP) is 3.89. The molecule has 3 rings (SSSR count). The van der Waals surface area contributed by atoms with Crippen LogP contribution in [-0.4, -0.2) is 23.0 Å². The highest BCUT2D eigenvalue weighted by molar-refractivity contribution is 7.80. The normalized spacial score (nSPS) is 15.5. The van der Waals surface area contributed by atoms with Crippen molar-refractivity contribution in [2.24, 2.45) is 11.7 Å². The fourth-order valence-electron chi connectivity index (χ4n) is 3.37. The lowest BCUT2D eigenvalue weighted by molar-refractivity contribution is 0.0975. The summed E-state index contributed by atoms with van der Waals surface area (Å²) in [7, 11) is 0. The van der Waals surface area contributed by atoms with Crippen LogP contribution in [0.5, 0.6) is 5.75 Å². The molecule has 0 fully saturated rings. The minimum Gasteiger partial charge on any atom is -0.491 e. The first-order valence-electron chi connectivity index (χ1n) is 9.58. The Hall–Kier alpha value is -2.45. The van der Waals surface area contributed by atoms with Crippen LogP contribution in [0.4, 0.5) is 5.00 Å². The lowest BCUT2D eigenvalue weighted by Gasteiger charge is -2.18. The molecule has 6 nitrogen and oxygen atoms in total. The molecular weight excluding hydrogens is 406 g/mol. The van der Waals surface area contributed by atoms with Gasteiger partial charge < -0.3 is 15.8 Å². The molecule has 154 valence electrons. The number of nitrogens with one attached hydrogen (secondary N) is 2. The molecule has 0 aliphatic heterocycles. The molecule has 1 aliphatic carbocycles. The fraction of sp³-hybridized carbons (Fsp3) is 0.381. The average Bonchev–Trinajstić information content (AvgIpc) is 2.98. The topological polar surface area (TPSA) is 93.4 Å². The monoisotopic (exact) mass is 431 g/mol. The highest BCUT2D eigenvalue weighted by Gasteiger charge is 2.27. The summed E-state index contributed by atoms with van der Waals surface area (Å²) in [5.74, 6) is 0.453. The Balaban J connectivity index is 1.69. The summed E-state index contributed by atoms with van der Waals surface area (Å²) in [5.41, 5.74) is 7.58. The number of carbonyl (C=O) groups excluding carboxylic acids is 2. The SMILES string of the molecule is CC1CCc2c(sc(NC(=S)NC(=O)c3ccc(OC(C)C)cc3)c2C(N)=O)C1. The Morgan fingerprint density at radius 2 is 1.97 bits per heavy atom. The number of amides is 2. The number of carbonyl (C=O) groups is 2. The zero-order valence-corrected chi connectivity index (χ0v) is 18.3. The van der Waals surface area contributed by atoms with Gasteiger partial charge in [-0.1, -0.05) is 6.92 Å². The van der Waals surface area contributed by atoms with Crippen molar-refractivity contribution in [3.8, 4) is 5.75 Å². The van der Waals surface area contributed by atoms with E-state index >= 15 is 0 Å². The zero-order chi connectivity index (χ0) is 21.1. The third-order valence-corrected chi connectivity index (χ3v) is 6.07. The van der Waals surface area contributed by atoms with Gasteiger partial charge in [-0.25, -0.2) is 0 Å². The number of ether oxygens (including phenoxy) is 1. The second kappa shape index (κ2) is 8.92. The van der Waals surface area contributed by atoms with Gasteiger partial charge in [-0.2, -0.15) is 0 Å². The Bertz CT molecular complexity index is 935. The lowest BCUT2D eigenvalue weighted by Crippen LogP contribution is -2.34. The van der Waals surface area contributed by atoms with Crippen molar-refractivity contribution in [3.05, 3.63) is 45.8 Å². The van der Waals surface area contributed by atoms with E-state index in [2.05, 4.69) is 17.6 Å². The molecule has 1 aromatic carbocycles. The van der Waals surface area contributed by atoms with Crippen molar-refractivity contribution >= 4 is 45.5 Å². The van der Waals surface area contributed by atoms with Crippen LogP contribution >= 0.6 is 23.6 Å². The van der Waals surface area contributed by atoms with Gasteiger partial charge in [-0.05, 0) is 81.1 Å². The molecule has 0 spiro atoms. The summed E-state index contributed by atoms with van der Waals surface area (Å²) < 4.78 is 5.58. The van der Waals surface area contributed by atoms with Crippen LogP contribution in [0.25, 0.3) is 0 Å². The molecule has 1 aliphatic rings. The van der Waals surface area contributed by atoms with Crippen molar-refractivity contribution in [1.29, 1.82) is 0 Å². The maximum Gasteiger partial charge on any atom is 0.257 e. The van der Waals surface area contributed by atoms with Crippen LogP contribution in [0.2, 0.25) is 0 Å². The van der Waals surface area contributed by atoms with E-state index in [1.807, 2.05) is 13.8 Å². The van der Waals surface area contributed by atoms with Crippen LogP contribution in [0.1, 0.15) is 58.3 Å². The molecule has 0 saturated heterocycles. The molecule has 1 aromatic heterocycles. The second-order valence-corrected chi connectivity index (χ2v) is 9.03. The number of benzene rings is 1. The first-order chi connectivity index (χ1) is 13.7. The van der Waals surface area contributed by atoms with Gasteiger partial charge in [0.15, 0.2) is 5.11 Å². The number of hydrogen-bond donors (Lipinski definition) is 3. The van der Waals surface area contributed by atoms with E-state index in [0.29, 0.717) is 27.8 Å². The second-order valence-electron chi connectivity index (χ2n) is 7.52. The van der Waals surface area contributed by atoms with Crippen LogP contribution < -0.4 is 21.1 Å². The standard InChI is InChI=1S/C21H25N3O3S2/c1-11(2)27-14-7-5-13(6-8-14)19(26)23-21(28)24-20-17(18(22)25)15-9-4-12(3)10-16(15)29-20/h5-8,11-12H,4,9-10H2,1-3H3,(H2,22,25)(H2,23,24,26,28). The maximum atomic E-state index is 12.5. The van der Waals surface area contributed by atoms with Crippen molar-refractivity contribution in [2.75, 3.05) is 5.32 Å². The number of anilines is 1. The van der Waals surface area contributed by atoms with Crippen LogP contribution in [0.15, 0.2) is 24.3 Å². The lowest BCUT2D eigenvalue weighted by atomic mass is 9.88. The Morgan fingerprint density at radius 1 is 1.28 bits per heavy atom. The van der Waals surface area contributed by atoms with Gasteiger partial charge in [0, 0.05) is 10.4 Å². The van der Waals surface area contributed by atoms with Crippen molar-refractivity contribution in [3.63, 3.8) is 0 Å². The molecule has 0 saturated carbocycles. The third-order valence-electron chi connectivity index (χ3n) is 4.70. The summed E-state index contributed by atoms with van der Waals surface area (Å²) in [4.78, 5) is 25.6. The van der Waals surface area contributed by atoms with Crippen LogP contribution in [-0.2, 0) is 12.8 Å². The number of rotatable bonds is 5. The highest BCUT2D eigenvalue weighted by Crippen LogP contribution is 2.39. The quantitative estimate of drug-likeness (QED) is 0.625. The Labute approximate surface area is 179 Å². The maximum absolute atomic E-state index is 12.5. The molecule has 29 heavy (non-hydrogen) atoms. The van der Waals surface area contributed by atoms with Gasteiger partial charge >= 0.3 is 0 Å². The minimum atomic E-state index is -0.477. The Morgan fingerprint density at radius 3 is 2.59 bits per heavy atom. The summed E-state index contributed by atoms with van der Waals surface area (Å²) in [6.07, 6.45) is 2.84. The predicted molar refractivity (Wildman–Crippen MR) is 120 cm³/mol. The largest absolute Gasteiger partial charge is 0.491 e. The summed E-state index contributed by atoms with van der Waals surface area (Å²) >= 11 is 6.78. The zero-order valence-electron chi connectivity index (χ0n) is 16.7. The van der Waals surface area contributed by atoms with Gasteiger partial charge in [0.05, 0.1) is 11.7 Å². The summed E-state index contributed by atoms with van der Waals surface area (Å²) in [6, 6.07) is 6.83. The van der Waals surface area contributed by atoms with E-state index < -0.39 is 5.91 Å². The third kappa shape index (κ3) is 5.13. The number of primary amides is 1. The van der Waals surface area contributed by atoms with Crippen LogP contribution in [0.3, 0.4) is 0 Å². The molecule has 2 aromatic rings. The molecular formula is C21H25N3O3S2. The molecule has 1 atom stereocenters. The smallest absolute Gasteiger partial charge is 0.257 e. The fourth-order valence-corrected chi connectivity index (χ4v) is 5.05. The number of hydrogen-bond acceptors (Lipinski definition) is 5. The van der Waals surface area contributed by atoms with E-state index in [9.17, 15) is 9.59 Å². The van der Waals surface area contributed by atoms with E-state index in [-0.39, 0.29) is 17.1 Å². The molecule has 0 radical (unpaired) electrons. The molecule has 2 amide bonds. The van der Waals surface area contributed by atoms with Gasteiger partial charge in [0.25, 0.3) is 11.8 Å². The van der Waals surface area contributed by atoms with Crippen molar-refractivity contribution in [1.82, 2.24) is 5.32 Å². The average molecular weight is 432 g/mol. The molecule has 1 heterocycles. The van der Waals surface area contributed by atoms with Gasteiger partial charge in [-0.3, -0.25) is 14.9 Å². The van der Waals surface area contributed by atoms with Crippen molar-refractivity contribution < 1.29 is 14.3 Å². The number of nitrogens with two attached hydrogens (primary N) is 1. The first-order valence-corrected chi connectivity index (χ1v) is 10.8. The molecule has 8 heteroatoms. The number of thiophene rings is 1. The van der Waals surface area contributed by atoms with E-state index in [1.165, 1.54) is 11.3 Å². The van der Waals surface area contributed by atoms with E-state index in [4.69, 9.17) is 22.7 Å². The Kier molecular flexibility index (Phi) is 6.54.